The molecule has 0 amide bonds. The van der Waals surface area contributed by atoms with Crippen molar-refractivity contribution in [2.45, 2.75) is 26.8 Å². The van der Waals surface area contributed by atoms with Gasteiger partial charge in [-0.2, -0.15) is 5.10 Å². The highest BCUT2D eigenvalue weighted by molar-refractivity contribution is 5.80. The Morgan fingerprint density at radius 3 is 2.84 bits per heavy atom. The fourth-order valence-electron chi connectivity index (χ4n) is 2.72. The molecular formula is C19H25N5O. The molecule has 2 N–H and O–H groups in total. The van der Waals surface area contributed by atoms with E-state index in [-0.39, 0.29) is 0 Å². The van der Waals surface area contributed by atoms with Crippen LogP contribution in [0.25, 0.3) is 11.0 Å². The summed E-state index contributed by atoms with van der Waals surface area (Å²) in [7, 11) is 1.96. The quantitative estimate of drug-likeness (QED) is 0.535. The normalized spacial score (nSPS) is 11.9. The molecule has 0 fully saturated rings. The van der Waals surface area contributed by atoms with Crippen molar-refractivity contribution in [3.05, 3.63) is 53.5 Å². The molecule has 0 bridgehead atoms. The van der Waals surface area contributed by atoms with E-state index in [1.165, 1.54) is 11.3 Å². The van der Waals surface area contributed by atoms with Gasteiger partial charge in [0.15, 0.2) is 5.96 Å². The first kappa shape index (κ1) is 17.1. The van der Waals surface area contributed by atoms with Gasteiger partial charge in [0.2, 0.25) is 0 Å². The molecule has 0 aliphatic heterocycles. The third-order valence-corrected chi connectivity index (χ3v) is 4.24. The van der Waals surface area contributed by atoms with Gasteiger partial charge < -0.3 is 15.1 Å². The van der Waals surface area contributed by atoms with Gasteiger partial charge in [0.25, 0.3) is 0 Å². The van der Waals surface area contributed by atoms with Crippen LogP contribution in [0.3, 0.4) is 0 Å². The van der Waals surface area contributed by atoms with E-state index in [9.17, 15) is 0 Å². The lowest BCUT2D eigenvalue weighted by molar-refractivity contribution is 0.551. The van der Waals surface area contributed by atoms with E-state index in [0.29, 0.717) is 6.54 Å². The summed E-state index contributed by atoms with van der Waals surface area (Å²) in [6, 6.07) is 10.1. The number of nitrogens with zero attached hydrogens (tertiary/aromatic N) is 3. The van der Waals surface area contributed by atoms with E-state index in [0.717, 1.165) is 42.2 Å². The number of aryl methyl sites for hydroxylation is 1. The first-order valence-corrected chi connectivity index (χ1v) is 8.64. The Kier molecular flexibility index (Phi) is 5.38. The van der Waals surface area contributed by atoms with Gasteiger partial charge in [0, 0.05) is 31.2 Å². The fraction of sp³-hybridized carbons (Fsp3) is 0.368. The zero-order chi connectivity index (χ0) is 17.6. The predicted octanol–water partition coefficient (Wildman–Crippen LogP) is 2.77. The molecule has 0 radical (unpaired) electrons. The number of benzene rings is 1. The van der Waals surface area contributed by atoms with Gasteiger partial charge in [-0.1, -0.05) is 18.2 Å². The Morgan fingerprint density at radius 2 is 2.12 bits per heavy atom. The van der Waals surface area contributed by atoms with Crippen molar-refractivity contribution in [2.75, 3.05) is 13.1 Å². The van der Waals surface area contributed by atoms with E-state index >= 15 is 0 Å². The first-order valence-electron chi connectivity index (χ1n) is 8.64. The molecule has 0 saturated heterocycles. The van der Waals surface area contributed by atoms with Crippen molar-refractivity contribution >= 4 is 16.9 Å². The van der Waals surface area contributed by atoms with Crippen LogP contribution in [-0.4, -0.2) is 28.8 Å². The van der Waals surface area contributed by atoms with Crippen molar-refractivity contribution in [1.29, 1.82) is 0 Å². The molecule has 132 valence electrons. The molecule has 0 aliphatic rings. The minimum absolute atomic E-state index is 0.510. The molecule has 2 heterocycles. The van der Waals surface area contributed by atoms with Crippen LogP contribution in [0, 0.1) is 6.92 Å². The van der Waals surface area contributed by atoms with Gasteiger partial charge in [-0.05, 0) is 38.0 Å². The molecule has 25 heavy (non-hydrogen) atoms. The molecule has 2 aromatic heterocycles. The third-order valence-electron chi connectivity index (χ3n) is 4.24. The molecule has 3 rings (SSSR count). The van der Waals surface area contributed by atoms with Crippen molar-refractivity contribution in [3.8, 4) is 0 Å². The van der Waals surface area contributed by atoms with Crippen molar-refractivity contribution in [2.24, 2.45) is 12.0 Å². The third kappa shape index (κ3) is 4.21. The molecular weight excluding hydrogens is 314 g/mol. The number of furan rings is 1. The molecule has 0 spiro atoms. The highest BCUT2D eigenvalue weighted by atomic mass is 16.3. The van der Waals surface area contributed by atoms with E-state index in [2.05, 4.69) is 34.6 Å². The van der Waals surface area contributed by atoms with Crippen LogP contribution in [0.1, 0.15) is 23.9 Å². The van der Waals surface area contributed by atoms with Crippen LogP contribution in [0.15, 0.2) is 45.9 Å². The van der Waals surface area contributed by atoms with Crippen LogP contribution in [0.4, 0.5) is 0 Å². The standard InChI is InChI=1S/C19H25N5O/c1-4-20-19(21-10-9-16-12-23-24(3)14(16)2)22-13-17-11-15-7-5-6-8-18(15)25-17/h5-8,11-12H,4,9-10,13H2,1-3H3,(H2,20,21,22). The molecule has 0 saturated carbocycles. The molecule has 3 aromatic rings. The predicted molar refractivity (Wildman–Crippen MR) is 101 cm³/mol. The van der Waals surface area contributed by atoms with Crippen molar-refractivity contribution in [1.82, 2.24) is 20.4 Å². The van der Waals surface area contributed by atoms with E-state index in [1.54, 1.807) is 0 Å². The number of para-hydroxylation sites is 1. The Balaban J connectivity index is 1.59. The first-order chi connectivity index (χ1) is 12.2. The van der Waals surface area contributed by atoms with Crippen molar-refractivity contribution < 1.29 is 4.42 Å². The topological polar surface area (TPSA) is 67.4 Å². The second kappa shape index (κ2) is 7.88. The second-order valence-corrected chi connectivity index (χ2v) is 6.00. The number of guanidine groups is 1. The maximum Gasteiger partial charge on any atom is 0.191 e. The highest BCUT2D eigenvalue weighted by Crippen LogP contribution is 2.19. The number of hydrogen-bond acceptors (Lipinski definition) is 3. The Morgan fingerprint density at radius 1 is 1.28 bits per heavy atom. The molecule has 6 heteroatoms. The Bertz CT molecular complexity index is 829. The smallest absolute Gasteiger partial charge is 0.191 e. The van der Waals surface area contributed by atoms with Crippen LogP contribution in [0.2, 0.25) is 0 Å². The molecule has 1 aromatic carbocycles. The summed E-state index contributed by atoms with van der Waals surface area (Å²) in [4.78, 5) is 4.62. The van der Waals surface area contributed by atoms with Crippen LogP contribution in [0.5, 0.6) is 0 Å². The lowest BCUT2D eigenvalue weighted by atomic mass is 10.2. The van der Waals surface area contributed by atoms with Gasteiger partial charge in [-0.25, -0.2) is 4.99 Å². The summed E-state index contributed by atoms with van der Waals surface area (Å²) in [5.74, 6) is 1.66. The number of rotatable bonds is 6. The van der Waals surface area contributed by atoms with Gasteiger partial charge in [0.1, 0.15) is 17.9 Å². The lowest BCUT2D eigenvalue weighted by Gasteiger charge is -2.10. The average Bonchev–Trinajstić information content (AvgIpc) is 3.17. The van der Waals surface area contributed by atoms with Crippen LogP contribution < -0.4 is 10.6 Å². The SMILES string of the molecule is CCNC(=NCc1cc2ccccc2o1)NCCc1cnn(C)c1C. The van der Waals surface area contributed by atoms with E-state index < -0.39 is 0 Å². The summed E-state index contributed by atoms with van der Waals surface area (Å²) in [6.07, 6.45) is 2.84. The second-order valence-electron chi connectivity index (χ2n) is 6.00. The average molecular weight is 339 g/mol. The summed E-state index contributed by atoms with van der Waals surface area (Å²) in [6.45, 7) is 6.28. The molecule has 6 nitrogen and oxygen atoms in total. The minimum atomic E-state index is 0.510. The van der Waals surface area contributed by atoms with Gasteiger partial charge in [-0.15, -0.1) is 0 Å². The van der Waals surface area contributed by atoms with Crippen molar-refractivity contribution in [3.63, 3.8) is 0 Å². The largest absolute Gasteiger partial charge is 0.459 e. The number of aliphatic imine (C=N–C) groups is 1. The molecule has 0 aliphatic carbocycles. The summed E-state index contributed by atoms with van der Waals surface area (Å²) >= 11 is 0. The molecule has 0 unspecified atom stereocenters. The van der Waals surface area contributed by atoms with E-state index in [1.807, 2.05) is 48.3 Å². The van der Waals surface area contributed by atoms with Crippen LogP contribution in [-0.2, 0) is 20.0 Å². The van der Waals surface area contributed by atoms with Crippen LogP contribution >= 0.6 is 0 Å². The summed E-state index contributed by atoms with van der Waals surface area (Å²) in [5, 5.41) is 12.0. The van der Waals surface area contributed by atoms with E-state index in [4.69, 9.17) is 4.42 Å². The maximum atomic E-state index is 5.82. The molecule has 0 atom stereocenters. The van der Waals surface area contributed by atoms with Gasteiger partial charge in [-0.3, -0.25) is 4.68 Å². The Labute approximate surface area is 147 Å². The highest BCUT2D eigenvalue weighted by Gasteiger charge is 2.05. The number of aromatic nitrogens is 2. The summed E-state index contributed by atoms with van der Waals surface area (Å²) < 4.78 is 7.71. The zero-order valence-electron chi connectivity index (χ0n) is 15.0. The zero-order valence-corrected chi connectivity index (χ0v) is 15.0. The Hall–Kier alpha value is -2.76. The van der Waals surface area contributed by atoms with Gasteiger partial charge in [0.05, 0.1) is 6.20 Å². The lowest BCUT2D eigenvalue weighted by Crippen LogP contribution is -2.38. The maximum absolute atomic E-state index is 5.82. The summed E-state index contributed by atoms with van der Waals surface area (Å²) in [5.41, 5.74) is 3.35. The van der Waals surface area contributed by atoms with Gasteiger partial charge >= 0.3 is 0 Å². The fourth-order valence-corrected chi connectivity index (χ4v) is 2.72. The number of fused-ring (bicyclic) bond motifs is 1. The number of hydrogen-bond donors (Lipinski definition) is 2. The minimum Gasteiger partial charge on any atom is -0.459 e. The number of nitrogens with one attached hydrogen (secondary N) is 2. The monoisotopic (exact) mass is 339 g/mol.